The van der Waals surface area contributed by atoms with E-state index in [1.165, 1.54) is 6.07 Å². The first-order valence-corrected chi connectivity index (χ1v) is 8.67. The third-order valence-corrected chi connectivity index (χ3v) is 4.71. The van der Waals surface area contributed by atoms with E-state index >= 15 is 0 Å². The Kier molecular flexibility index (Phi) is 6.79. The Morgan fingerprint density at radius 2 is 1.71 bits per heavy atom. The summed E-state index contributed by atoms with van der Waals surface area (Å²) < 4.78 is 13.2. The first kappa shape index (κ1) is 18.9. The zero-order chi connectivity index (χ0) is 17.7. The molecule has 4 heteroatoms. The second-order valence-electron chi connectivity index (χ2n) is 6.46. The zero-order valence-electron chi connectivity index (χ0n) is 14.4. The maximum absolute atomic E-state index is 13.2. The van der Waals surface area contributed by atoms with Crippen molar-refractivity contribution in [3.63, 3.8) is 0 Å². The van der Waals surface area contributed by atoms with Gasteiger partial charge in [0.25, 0.3) is 0 Å². The number of aliphatic hydroxyl groups excluding tert-OH is 1. The highest BCUT2D eigenvalue weighted by atomic mass is 35.5. The lowest BCUT2D eigenvalue weighted by molar-refractivity contribution is 0.0915. The van der Waals surface area contributed by atoms with Crippen LogP contribution < -0.4 is 5.32 Å². The van der Waals surface area contributed by atoms with Gasteiger partial charge >= 0.3 is 0 Å². The molecule has 24 heavy (non-hydrogen) atoms. The molecule has 0 amide bonds. The van der Waals surface area contributed by atoms with Crippen LogP contribution in [0.25, 0.3) is 11.1 Å². The molecule has 0 spiro atoms. The van der Waals surface area contributed by atoms with Gasteiger partial charge in [-0.15, -0.1) is 0 Å². The molecule has 1 heterocycles. The van der Waals surface area contributed by atoms with E-state index in [0.29, 0.717) is 10.9 Å². The van der Waals surface area contributed by atoms with Crippen LogP contribution in [-0.2, 0) is 0 Å². The number of aryl methyl sites for hydroxylation is 2. The lowest BCUT2D eigenvalue weighted by atomic mass is 9.97. The summed E-state index contributed by atoms with van der Waals surface area (Å²) >= 11 is 5.97. The van der Waals surface area contributed by atoms with Crippen molar-refractivity contribution < 1.29 is 9.50 Å². The summed E-state index contributed by atoms with van der Waals surface area (Å²) in [5, 5.41) is 12.9. The minimum Gasteiger partial charge on any atom is -0.392 e. The van der Waals surface area contributed by atoms with Crippen LogP contribution in [0.1, 0.15) is 24.5 Å². The molecule has 2 aromatic carbocycles. The van der Waals surface area contributed by atoms with Crippen LogP contribution in [0, 0.1) is 25.6 Å². The van der Waals surface area contributed by atoms with Crippen molar-refractivity contribution in [3.05, 3.63) is 58.4 Å². The molecule has 2 atom stereocenters. The van der Waals surface area contributed by atoms with E-state index in [-0.39, 0.29) is 11.9 Å². The van der Waals surface area contributed by atoms with Crippen LogP contribution in [-0.4, -0.2) is 24.3 Å². The fourth-order valence-electron chi connectivity index (χ4n) is 2.74. The number of nitrogens with one attached hydrogen (secondary N) is 1. The molecule has 1 aliphatic rings. The molecule has 130 valence electrons. The Morgan fingerprint density at radius 1 is 1.08 bits per heavy atom. The van der Waals surface area contributed by atoms with Crippen molar-refractivity contribution >= 4 is 11.6 Å². The molecule has 0 aromatic heterocycles. The number of rotatable bonds is 1. The molecule has 0 bridgehead atoms. The molecule has 1 saturated heterocycles. The van der Waals surface area contributed by atoms with Gasteiger partial charge in [-0.05, 0) is 79.3 Å². The van der Waals surface area contributed by atoms with Crippen LogP contribution in [0.15, 0.2) is 36.4 Å². The Balaban J connectivity index is 0.000000219. The summed E-state index contributed by atoms with van der Waals surface area (Å²) in [7, 11) is 0. The Labute approximate surface area is 148 Å². The highest BCUT2D eigenvalue weighted by Crippen LogP contribution is 2.29. The average Bonchev–Trinajstić information content (AvgIpc) is 2.56. The molecule has 2 N–H and O–H groups in total. The van der Waals surface area contributed by atoms with Gasteiger partial charge in [0.05, 0.1) is 6.10 Å². The molecular formula is C20H25ClFNO. The quantitative estimate of drug-likeness (QED) is 0.779. The Hall–Kier alpha value is -1.42. The second kappa shape index (κ2) is 8.61. The molecule has 0 saturated carbocycles. The van der Waals surface area contributed by atoms with E-state index in [0.717, 1.165) is 41.8 Å². The van der Waals surface area contributed by atoms with Crippen molar-refractivity contribution in [1.82, 2.24) is 5.32 Å². The number of benzene rings is 2. The molecule has 0 radical (unpaired) electrons. The molecule has 1 unspecified atom stereocenters. The first-order valence-electron chi connectivity index (χ1n) is 8.30. The van der Waals surface area contributed by atoms with Gasteiger partial charge in [0.1, 0.15) is 5.82 Å². The van der Waals surface area contributed by atoms with Gasteiger partial charge in [0.2, 0.25) is 0 Å². The summed E-state index contributed by atoms with van der Waals surface area (Å²) in [5.41, 5.74) is 4.04. The topological polar surface area (TPSA) is 32.3 Å². The number of β-amino-alcohol motifs (C(OH)–C–C–N with tert-alkyl or cyclic N) is 1. The molecule has 1 aliphatic heterocycles. The highest BCUT2D eigenvalue weighted by molar-refractivity contribution is 6.30. The zero-order valence-corrected chi connectivity index (χ0v) is 15.2. The monoisotopic (exact) mass is 349 g/mol. The van der Waals surface area contributed by atoms with Crippen LogP contribution in [0.5, 0.6) is 0 Å². The van der Waals surface area contributed by atoms with Gasteiger partial charge in [-0.1, -0.05) is 30.7 Å². The van der Waals surface area contributed by atoms with Crippen LogP contribution in [0.3, 0.4) is 0 Å². The molecule has 0 aliphatic carbocycles. The van der Waals surface area contributed by atoms with Gasteiger partial charge in [-0.2, -0.15) is 0 Å². The second-order valence-corrected chi connectivity index (χ2v) is 6.89. The predicted octanol–water partition coefficient (Wildman–Crippen LogP) is 4.74. The summed E-state index contributed by atoms with van der Waals surface area (Å²) in [6.45, 7) is 7.90. The van der Waals surface area contributed by atoms with Gasteiger partial charge in [-0.3, -0.25) is 0 Å². The van der Waals surface area contributed by atoms with E-state index in [9.17, 15) is 4.39 Å². The predicted molar refractivity (Wildman–Crippen MR) is 99.0 cm³/mol. The lowest BCUT2D eigenvalue weighted by Crippen LogP contribution is -2.39. The number of piperidine rings is 1. The lowest BCUT2D eigenvalue weighted by Gasteiger charge is -2.24. The normalized spacial score (nSPS) is 20.2. The van der Waals surface area contributed by atoms with Gasteiger partial charge in [0, 0.05) is 11.6 Å². The SMILES string of the molecule is CC1CCNC[C@@H]1O.Cc1ccc(F)cc1-c1cc(Cl)ccc1C. The van der Waals surface area contributed by atoms with Gasteiger partial charge in [-0.25, -0.2) is 4.39 Å². The smallest absolute Gasteiger partial charge is 0.123 e. The Morgan fingerprint density at radius 3 is 2.29 bits per heavy atom. The molecule has 2 aromatic rings. The average molecular weight is 350 g/mol. The van der Waals surface area contributed by atoms with E-state index in [2.05, 4.69) is 12.2 Å². The molecule has 2 nitrogen and oxygen atoms in total. The van der Waals surface area contributed by atoms with Crippen LogP contribution in [0.2, 0.25) is 5.02 Å². The van der Waals surface area contributed by atoms with E-state index in [1.54, 1.807) is 12.1 Å². The largest absolute Gasteiger partial charge is 0.392 e. The summed E-state index contributed by atoms with van der Waals surface area (Å²) in [4.78, 5) is 0. The third kappa shape index (κ3) is 5.04. The summed E-state index contributed by atoms with van der Waals surface area (Å²) in [6, 6.07) is 10.5. The Bertz CT molecular complexity index is 630. The van der Waals surface area contributed by atoms with E-state index in [4.69, 9.17) is 16.7 Å². The summed E-state index contributed by atoms with van der Waals surface area (Å²) in [5.74, 6) is 0.274. The standard InChI is InChI=1S/C14H12ClF.C6H13NO/c1-9-3-5-11(15)7-13(9)14-8-12(16)6-4-10(14)2;1-5-2-3-7-4-6(5)8/h3-8H,1-2H3;5-8H,2-4H2,1H3/t;5?,6-/m.0/s1. The van der Waals surface area contributed by atoms with Crippen molar-refractivity contribution in [2.24, 2.45) is 5.92 Å². The number of halogens is 2. The number of hydrogen-bond donors (Lipinski definition) is 2. The summed E-state index contributed by atoms with van der Waals surface area (Å²) in [6.07, 6.45) is 1.00. The molecular weight excluding hydrogens is 325 g/mol. The maximum atomic E-state index is 13.2. The van der Waals surface area contributed by atoms with E-state index < -0.39 is 0 Å². The van der Waals surface area contributed by atoms with Crippen LogP contribution >= 0.6 is 11.6 Å². The first-order chi connectivity index (χ1) is 11.4. The van der Waals surface area contributed by atoms with Crippen LogP contribution in [0.4, 0.5) is 4.39 Å². The van der Waals surface area contributed by atoms with Gasteiger partial charge in [0.15, 0.2) is 0 Å². The molecule has 1 fully saturated rings. The van der Waals surface area contributed by atoms with Crippen molar-refractivity contribution in [1.29, 1.82) is 0 Å². The fraction of sp³-hybridized carbons (Fsp3) is 0.400. The van der Waals surface area contributed by atoms with Crippen molar-refractivity contribution in [2.45, 2.75) is 33.3 Å². The highest BCUT2D eigenvalue weighted by Gasteiger charge is 2.16. The fourth-order valence-corrected chi connectivity index (χ4v) is 2.91. The number of hydrogen-bond acceptors (Lipinski definition) is 2. The van der Waals surface area contributed by atoms with Crippen molar-refractivity contribution in [2.75, 3.05) is 13.1 Å². The number of aliphatic hydroxyl groups is 1. The minimum atomic E-state index is -0.222. The van der Waals surface area contributed by atoms with Gasteiger partial charge < -0.3 is 10.4 Å². The third-order valence-electron chi connectivity index (χ3n) is 4.48. The minimum absolute atomic E-state index is 0.108. The van der Waals surface area contributed by atoms with E-state index in [1.807, 2.05) is 32.0 Å². The van der Waals surface area contributed by atoms with Crippen molar-refractivity contribution in [3.8, 4) is 11.1 Å². The molecule has 3 rings (SSSR count). The maximum Gasteiger partial charge on any atom is 0.123 e.